The summed E-state index contributed by atoms with van der Waals surface area (Å²) in [4.78, 5) is 8.36. The summed E-state index contributed by atoms with van der Waals surface area (Å²) in [5.41, 5.74) is 0. The molecule has 0 amide bonds. The molecular weight excluding hydrogens is 254 g/mol. The maximum atomic E-state index is 10.1. The third kappa shape index (κ3) is 31.3. The molecular formula is C8H19NO7S. The first-order chi connectivity index (χ1) is 7.65. The van der Waals surface area contributed by atoms with Crippen LogP contribution in [0, 0.1) is 16.0 Å². The molecule has 0 bridgehead atoms. The summed E-state index contributed by atoms with van der Waals surface area (Å²) in [6.45, 7) is 4.38. The predicted molar refractivity (Wildman–Crippen MR) is 59.6 cm³/mol. The Balaban J connectivity index is 0. The molecule has 0 aliphatic rings. The third-order valence-electron chi connectivity index (χ3n) is 1.66. The molecule has 104 valence electrons. The van der Waals surface area contributed by atoms with E-state index in [4.69, 9.17) is 19.9 Å². The zero-order valence-electron chi connectivity index (χ0n) is 9.90. The Bertz CT molecular complexity index is 284. The van der Waals surface area contributed by atoms with Crippen molar-refractivity contribution >= 4 is 10.4 Å². The SMILES string of the molecule is CC(C)CCCCCOS(=O)(=O)O.O=[N+]([O-])O. The topological polar surface area (TPSA) is 127 Å². The number of hydrogen-bond donors (Lipinski definition) is 2. The van der Waals surface area contributed by atoms with Crippen LogP contribution in [0.2, 0.25) is 0 Å². The Morgan fingerprint density at radius 2 is 1.76 bits per heavy atom. The molecule has 0 heterocycles. The second-order valence-electron chi connectivity index (χ2n) is 3.73. The average molecular weight is 273 g/mol. The van der Waals surface area contributed by atoms with Crippen LogP contribution in [0.3, 0.4) is 0 Å². The maximum absolute atomic E-state index is 10.1. The molecule has 2 N–H and O–H groups in total. The van der Waals surface area contributed by atoms with Crippen molar-refractivity contribution in [2.45, 2.75) is 39.5 Å². The van der Waals surface area contributed by atoms with Crippen molar-refractivity contribution in [3.05, 3.63) is 10.1 Å². The van der Waals surface area contributed by atoms with Gasteiger partial charge in [-0.15, -0.1) is 10.1 Å². The van der Waals surface area contributed by atoms with Gasteiger partial charge in [0.25, 0.3) is 5.09 Å². The molecule has 0 aromatic carbocycles. The van der Waals surface area contributed by atoms with Crippen molar-refractivity contribution in [1.82, 2.24) is 0 Å². The van der Waals surface area contributed by atoms with E-state index in [-0.39, 0.29) is 6.61 Å². The van der Waals surface area contributed by atoms with Gasteiger partial charge >= 0.3 is 10.4 Å². The molecule has 0 saturated carbocycles. The van der Waals surface area contributed by atoms with Crippen molar-refractivity contribution in [2.24, 2.45) is 5.92 Å². The van der Waals surface area contributed by atoms with E-state index in [1.54, 1.807) is 0 Å². The molecule has 8 nitrogen and oxygen atoms in total. The van der Waals surface area contributed by atoms with E-state index in [1.165, 1.54) is 0 Å². The predicted octanol–water partition coefficient (Wildman–Crippen LogP) is 1.67. The van der Waals surface area contributed by atoms with Crippen LogP contribution in [0.1, 0.15) is 39.5 Å². The number of nitrogens with zero attached hydrogens (tertiary/aromatic N) is 1. The van der Waals surface area contributed by atoms with Gasteiger partial charge in [0.2, 0.25) is 0 Å². The molecule has 0 aromatic heterocycles. The van der Waals surface area contributed by atoms with Crippen LogP contribution in [0.5, 0.6) is 0 Å². The fourth-order valence-corrected chi connectivity index (χ4v) is 1.32. The summed E-state index contributed by atoms with van der Waals surface area (Å²) >= 11 is 0. The average Bonchev–Trinajstić information content (AvgIpc) is 2.07. The van der Waals surface area contributed by atoms with E-state index in [0.717, 1.165) is 19.3 Å². The number of unbranched alkanes of at least 4 members (excludes halogenated alkanes) is 2. The van der Waals surface area contributed by atoms with Gasteiger partial charge in [0.1, 0.15) is 0 Å². The lowest BCUT2D eigenvalue weighted by Crippen LogP contribution is -2.04. The van der Waals surface area contributed by atoms with Crippen LogP contribution in [-0.2, 0) is 14.6 Å². The van der Waals surface area contributed by atoms with Crippen LogP contribution in [0.25, 0.3) is 0 Å². The molecule has 0 atom stereocenters. The molecule has 0 radical (unpaired) electrons. The minimum Gasteiger partial charge on any atom is -0.328 e. The van der Waals surface area contributed by atoms with Gasteiger partial charge < -0.3 is 5.21 Å². The number of hydrogen-bond acceptors (Lipinski definition) is 5. The highest BCUT2D eigenvalue weighted by Crippen LogP contribution is 2.08. The number of rotatable bonds is 7. The molecule has 0 spiro atoms. The molecule has 17 heavy (non-hydrogen) atoms. The summed E-state index contributed by atoms with van der Waals surface area (Å²) in [5.74, 6) is 0.683. The lowest BCUT2D eigenvalue weighted by Gasteiger charge is -2.03. The van der Waals surface area contributed by atoms with E-state index >= 15 is 0 Å². The molecule has 0 unspecified atom stereocenters. The van der Waals surface area contributed by atoms with Gasteiger partial charge in [0, 0.05) is 0 Å². The van der Waals surface area contributed by atoms with Crippen molar-refractivity contribution < 1.29 is 27.4 Å². The van der Waals surface area contributed by atoms with E-state index in [0.29, 0.717) is 12.3 Å². The van der Waals surface area contributed by atoms with E-state index < -0.39 is 15.5 Å². The van der Waals surface area contributed by atoms with Crippen LogP contribution in [0.4, 0.5) is 0 Å². The first kappa shape index (κ1) is 18.4. The summed E-state index contributed by atoms with van der Waals surface area (Å²) in [6, 6.07) is 0. The highest BCUT2D eigenvalue weighted by atomic mass is 32.3. The van der Waals surface area contributed by atoms with Crippen LogP contribution in [-0.4, -0.2) is 29.9 Å². The van der Waals surface area contributed by atoms with Gasteiger partial charge in [-0.25, -0.2) is 4.18 Å². The first-order valence-electron chi connectivity index (χ1n) is 5.10. The highest BCUT2D eigenvalue weighted by molar-refractivity contribution is 7.80. The van der Waals surface area contributed by atoms with Gasteiger partial charge in [-0.2, -0.15) is 8.42 Å². The highest BCUT2D eigenvalue weighted by Gasteiger charge is 2.02. The Morgan fingerprint density at radius 1 is 1.29 bits per heavy atom. The smallest absolute Gasteiger partial charge is 0.328 e. The first-order valence-corrected chi connectivity index (χ1v) is 6.46. The second kappa shape index (κ2) is 10.2. The Labute approximate surface area is 101 Å². The Hall–Kier alpha value is -0.930. The molecule has 0 saturated heterocycles. The van der Waals surface area contributed by atoms with E-state index in [2.05, 4.69) is 18.0 Å². The van der Waals surface area contributed by atoms with Crippen molar-refractivity contribution in [3.63, 3.8) is 0 Å². The largest absolute Gasteiger partial charge is 0.397 e. The van der Waals surface area contributed by atoms with Crippen molar-refractivity contribution in [3.8, 4) is 0 Å². The summed E-state index contributed by atoms with van der Waals surface area (Å²) < 4.78 is 32.6. The van der Waals surface area contributed by atoms with Crippen LogP contribution in [0.15, 0.2) is 0 Å². The third-order valence-corrected chi connectivity index (χ3v) is 2.12. The maximum Gasteiger partial charge on any atom is 0.397 e. The van der Waals surface area contributed by atoms with E-state index in [1.807, 2.05) is 0 Å². The van der Waals surface area contributed by atoms with Crippen LogP contribution >= 0.6 is 0 Å². The van der Waals surface area contributed by atoms with E-state index in [9.17, 15) is 8.42 Å². The molecule has 0 fully saturated rings. The van der Waals surface area contributed by atoms with Gasteiger partial charge in [-0.3, -0.25) is 4.55 Å². The summed E-state index contributed by atoms with van der Waals surface area (Å²) in [5, 5.41) is 13.6. The minimum atomic E-state index is -4.23. The monoisotopic (exact) mass is 273 g/mol. The van der Waals surface area contributed by atoms with Gasteiger partial charge in [0.05, 0.1) is 6.61 Å². The normalized spacial score (nSPS) is 10.8. The van der Waals surface area contributed by atoms with Gasteiger partial charge in [-0.1, -0.05) is 33.1 Å². The molecule has 9 heteroatoms. The second-order valence-corrected chi connectivity index (χ2v) is 4.82. The zero-order valence-corrected chi connectivity index (χ0v) is 10.7. The lowest BCUT2D eigenvalue weighted by atomic mass is 10.1. The minimum absolute atomic E-state index is 0.0803. The molecule has 0 aliphatic carbocycles. The molecule has 0 aliphatic heterocycles. The quantitative estimate of drug-likeness (QED) is 0.312. The standard InChI is InChI=1S/C8H18O4S.HNO3/c1-8(2)6-4-3-5-7-12-13(9,10)11;2-1(3)4/h8H,3-7H2,1-2H3,(H,9,10,11);(H,2,3,4). The zero-order chi connectivity index (χ0) is 13.9. The van der Waals surface area contributed by atoms with Gasteiger partial charge in [-0.05, 0) is 12.3 Å². The van der Waals surface area contributed by atoms with Crippen LogP contribution < -0.4 is 0 Å². The fraction of sp³-hybridized carbons (Fsp3) is 1.00. The van der Waals surface area contributed by atoms with Crippen molar-refractivity contribution in [2.75, 3.05) is 6.61 Å². The van der Waals surface area contributed by atoms with Crippen molar-refractivity contribution in [1.29, 1.82) is 0 Å². The molecule has 0 rings (SSSR count). The summed E-state index contributed by atoms with van der Waals surface area (Å²) in [7, 11) is -4.23. The fourth-order valence-electron chi connectivity index (χ4n) is 0.996. The molecule has 0 aromatic rings. The van der Waals surface area contributed by atoms with Gasteiger partial charge in [0.15, 0.2) is 0 Å². The Morgan fingerprint density at radius 3 is 2.12 bits per heavy atom. The Kier molecular flexibility index (Phi) is 11.1. The lowest BCUT2D eigenvalue weighted by molar-refractivity contribution is -0.742. The summed E-state index contributed by atoms with van der Waals surface area (Å²) in [6.07, 6.45) is 3.83.